The second kappa shape index (κ2) is 5.55. The second-order valence-electron chi connectivity index (χ2n) is 5.29. The fourth-order valence-electron chi connectivity index (χ4n) is 2.26. The van der Waals surface area contributed by atoms with Gasteiger partial charge in [0, 0.05) is 28.5 Å². The predicted octanol–water partition coefficient (Wildman–Crippen LogP) is 2.81. The summed E-state index contributed by atoms with van der Waals surface area (Å²) in [6.07, 6.45) is 2.67. The van der Waals surface area contributed by atoms with E-state index in [9.17, 15) is 4.79 Å². The first-order valence-electron chi connectivity index (χ1n) is 6.96. The SMILES string of the molecule is CCNc1ncc(Br)c2cc(NC(=O)[C@H]3C[C@H]3C)nnc12. The van der Waals surface area contributed by atoms with Gasteiger partial charge in [0.25, 0.3) is 0 Å². The van der Waals surface area contributed by atoms with E-state index in [2.05, 4.69) is 48.7 Å². The van der Waals surface area contributed by atoms with Crippen LogP contribution in [-0.4, -0.2) is 27.6 Å². The van der Waals surface area contributed by atoms with E-state index in [0.29, 0.717) is 23.1 Å². The molecule has 1 aliphatic carbocycles. The summed E-state index contributed by atoms with van der Waals surface area (Å²) in [4.78, 5) is 16.2. The van der Waals surface area contributed by atoms with E-state index >= 15 is 0 Å². The van der Waals surface area contributed by atoms with Gasteiger partial charge < -0.3 is 10.6 Å². The quantitative estimate of drug-likeness (QED) is 0.886. The Balaban J connectivity index is 1.92. The number of aromatic nitrogens is 3. The van der Waals surface area contributed by atoms with E-state index in [0.717, 1.165) is 22.8 Å². The summed E-state index contributed by atoms with van der Waals surface area (Å²) in [6, 6.07) is 1.82. The lowest BCUT2D eigenvalue weighted by molar-refractivity contribution is -0.117. The summed E-state index contributed by atoms with van der Waals surface area (Å²) < 4.78 is 0.823. The molecular weight excluding hydrogens is 334 g/mol. The van der Waals surface area contributed by atoms with Crippen LogP contribution in [0.2, 0.25) is 0 Å². The molecule has 21 heavy (non-hydrogen) atoms. The largest absolute Gasteiger partial charge is 0.368 e. The molecule has 0 aromatic carbocycles. The molecule has 2 aromatic heterocycles. The third-order valence-corrected chi connectivity index (χ3v) is 4.26. The van der Waals surface area contributed by atoms with E-state index in [-0.39, 0.29) is 11.8 Å². The van der Waals surface area contributed by atoms with Crippen molar-refractivity contribution in [2.24, 2.45) is 11.8 Å². The van der Waals surface area contributed by atoms with Crippen LogP contribution in [0.4, 0.5) is 11.6 Å². The summed E-state index contributed by atoms with van der Waals surface area (Å²) in [5.41, 5.74) is 0.684. The Labute approximate surface area is 130 Å². The Morgan fingerprint density at radius 3 is 2.90 bits per heavy atom. The molecule has 7 heteroatoms. The van der Waals surface area contributed by atoms with Crippen LogP contribution in [0.25, 0.3) is 10.9 Å². The third-order valence-electron chi connectivity index (χ3n) is 3.62. The Morgan fingerprint density at radius 1 is 1.48 bits per heavy atom. The van der Waals surface area contributed by atoms with Crippen molar-refractivity contribution in [1.82, 2.24) is 15.2 Å². The van der Waals surface area contributed by atoms with Gasteiger partial charge in [-0.15, -0.1) is 10.2 Å². The highest BCUT2D eigenvalue weighted by atomic mass is 79.9. The number of carbonyl (C=O) groups excluding carboxylic acids is 1. The number of pyridine rings is 1. The van der Waals surface area contributed by atoms with E-state index < -0.39 is 0 Å². The molecule has 0 spiro atoms. The number of fused-ring (bicyclic) bond motifs is 1. The Kier molecular flexibility index (Phi) is 3.75. The number of hydrogen-bond acceptors (Lipinski definition) is 5. The molecule has 3 rings (SSSR count). The van der Waals surface area contributed by atoms with E-state index in [4.69, 9.17) is 0 Å². The molecule has 0 radical (unpaired) electrons. The topological polar surface area (TPSA) is 79.8 Å². The summed E-state index contributed by atoms with van der Waals surface area (Å²) in [5, 5.41) is 15.1. The van der Waals surface area contributed by atoms with Gasteiger partial charge in [-0.05, 0) is 41.3 Å². The third kappa shape index (κ3) is 2.83. The smallest absolute Gasteiger partial charge is 0.228 e. The first kappa shape index (κ1) is 14.2. The second-order valence-corrected chi connectivity index (χ2v) is 6.14. The average molecular weight is 350 g/mol. The van der Waals surface area contributed by atoms with Crippen LogP contribution >= 0.6 is 15.9 Å². The van der Waals surface area contributed by atoms with Crippen LogP contribution in [0.5, 0.6) is 0 Å². The minimum Gasteiger partial charge on any atom is -0.368 e. The van der Waals surface area contributed by atoms with Crippen LogP contribution in [0.3, 0.4) is 0 Å². The maximum absolute atomic E-state index is 12.0. The van der Waals surface area contributed by atoms with Gasteiger partial charge in [0.05, 0.1) is 0 Å². The number of carbonyl (C=O) groups is 1. The Bertz CT molecular complexity index is 705. The number of amides is 1. The molecule has 110 valence electrons. The van der Waals surface area contributed by atoms with Gasteiger partial charge in [0.2, 0.25) is 5.91 Å². The minimum atomic E-state index is 0.0215. The van der Waals surface area contributed by atoms with Crippen molar-refractivity contribution >= 4 is 44.4 Å². The zero-order valence-electron chi connectivity index (χ0n) is 11.9. The molecule has 2 atom stereocenters. The molecule has 0 aliphatic heterocycles. The van der Waals surface area contributed by atoms with Crippen molar-refractivity contribution < 1.29 is 4.79 Å². The average Bonchev–Trinajstić information content (AvgIpc) is 3.20. The van der Waals surface area contributed by atoms with Crippen molar-refractivity contribution in [3.8, 4) is 0 Å². The van der Waals surface area contributed by atoms with E-state index in [1.165, 1.54) is 0 Å². The van der Waals surface area contributed by atoms with Crippen molar-refractivity contribution in [2.75, 3.05) is 17.2 Å². The predicted molar refractivity (Wildman–Crippen MR) is 85.1 cm³/mol. The zero-order valence-corrected chi connectivity index (χ0v) is 13.4. The summed E-state index contributed by atoms with van der Waals surface area (Å²) in [5.74, 6) is 1.77. The standard InChI is InChI=1S/C14H16BrN5O/c1-3-16-13-12-9(10(15)6-17-13)5-11(19-20-12)18-14(21)8-4-7(8)2/h5-8H,3-4H2,1-2H3,(H,16,17)(H,18,19,21)/t7-,8+/m1/s1. The molecule has 0 unspecified atom stereocenters. The number of hydrogen-bond donors (Lipinski definition) is 2. The van der Waals surface area contributed by atoms with Crippen LogP contribution in [0, 0.1) is 11.8 Å². The highest BCUT2D eigenvalue weighted by Crippen LogP contribution is 2.38. The first-order valence-corrected chi connectivity index (χ1v) is 7.76. The first-order chi connectivity index (χ1) is 10.1. The lowest BCUT2D eigenvalue weighted by atomic mass is 10.2. The molecule has 1 saturated carbocycles. The van der Waals surface area contributed by atoms with Gasteiger partial charge in [0.15, 0.2) is 11.6 Å². The minimum absolute atomic E-state index is 0.0215. The van der Waals surface area contributed by atoms with Gasteiger partial charge in [-0.1, -0.05) is 6.92 Å². The van der Waals surface area contributed by atoms with Crippen molar-refractivity contribution in [1.29, 1.82) is 0 Å². The molecule has 0 bridgehead atoms. The van der Waals surface area contributed by atoms with Crippen LogP contribution in [0.1, 0.15) is 20.3 Å². The maximum Gasteiger partial charge on any atom is 0.228 e. The lowest BCUT2D eigenvalue weighted by Gasteiger charge is -2.09. The molecule has 2 heterocycles. The fraction of sp³-hybridized carbons (Fsp3) is 0.429. The van der Waals surface area contributed by atoms with Crippen LogP contribution in [0.15, 0.2) is 16.7 Å². The molecule has 6 nitrogen and oxygen atoms in total. The number of rotatable bonds is 4. The fourth-order valence-corrected chi connectivity index (χ4v) is 2.67. The number of nitrogens with one attached hydrogen (secondary N) is 2. The number of anilines is 2. The van der Waals surface area contributed by atoms with Gasteiger partial charge in [-0.3, -0.25) is 4.79 Å². The van der Waals surface area contributed by atoms with Crippen molar-refractivity contribution in [3.05, 3.63) is 16.7 Å². The lowest BCUT2D eigenvalue weighted by Crippen LogP contribution is -2.16. The van der Waals surface area contributed by atoms with Crippen molar-refractivity contribution in [3.63, 3.8) is 0 Å². The summed E-state index contributed by atoms with van der Waals surface area (Å²) in [7, 11) is 0. The Hall–Kier alpha value is -1.76. The highest BCUT2D eigenvalue weighted by Gasteiger charge is 2.39. The molecule has 1 fully saturated rings. The van der Waals surface area contributed by atoms with Gasteiger partial charge >= 0.3 is 0 Å². The number of halogens is 1. The molecule has 1 aliphatic rings. The van der Waals surface area contributed by atoms with Crippen LogP contribution < -0.4 is 10.6 Å². The summed E-state index contributed by atoms with van der Waals surface area (Å²) >= 11 is 3.46. The van der Waals surface area contributed by atoms with Gasteiger partial charge in [-0.25, -0.2) is 4.98 Å². The summed E-state index contributed by atoms with van der Waals surface area (Å²) in [6.45, 7) is 4.82. The van der Waals surface area contributed by atoms with E-state index in [1.54, 1.807) is 6.20 Å². The van der Waals surface area contributed by atoms with E-state index in [1.807, 2.05) is 13.0 Å². The number of nitrogens with zero attached hydrogens (tertiary/aromatic N) is 3. The maximum atomic E-state index is 12.0. The zero-order chi connectivity index (χ0) is 15.0. The Morgan fingerprint density at radius 2 is 2.24 bits per heavy atom. The van der Waals surface area contributed by atoms with Crippen LogP contribution in [-0.2, 0) is 4.79 Å². The van der Waals surface area contributed by atoms with Crippen molar-refractivity contribution in [2.45, 2.75) is 20.3 Å². The monoisotopic (exact) mass is 349 g/mol. The van der Waals surface area contributed by atoms with Gasteiger partial charge in [-0.2, -0.15) is 0 Å². The molecular formula is C14H16BrN5O. The highest BCUT2D eigenvalue weighted by molar-refractivity contribution is 9.10. The molecule has 0 saturated heterocycles. The normalized spacial score (nSPS) is 20.3. The molecule has 1 amide bonds. The molecule has 2 aromatic rings. The van der Waals surface area contributed by atoms with Gasteiger partial charge in [0.1, 0.15) is 5.52 Å². The molecule has 2 N–H and O–H groups in total.